The third-order valence-corrected chi connectivity index (χ3v) is 2.22. The van der Waals surface area contributed by atoms with Crippen molar-refractivity contribution in [3.05, 3.63) is 54.4 Å². The SMILES string of the molecule is CNCc1ccccc1Oc1ccncc1. The van der Waals surface area contributed by atoms with Gasteiger partial charge >= 0.3 is 0 Å². The van der Waals surface area contributed by atoms with Crippen molar-refractivity contribution in [3.63, 3.8) is 0 Å². The number of nitrogens with zero attached hydrogens (tertiary/aromatic N) is 1. The molecule has 2 aromatic rings. The normalized spacial score (nSPS) is 10.1. The summed E-state index contributed by atoms with van der Waals surface area (Å²) >= 11 is 0. The van der Waals surface area contributed by atoms with Gasteiger partial charge in [0.05, 0.1) is 0 Å². The highest BCUT2D eigenvalue weighted by molar-refractivity contribution is 5.37. The molecule has 0 fully saturated rings. The highest BCUT2D eigenvalue weighted by Crippen LogP contribution is 2.24. The molecule has 0 unspecified atom stereocenters. The molecule has 16 heavy (non-hydrogen) atoms. The van der Waals surface area contributed by atoms with E-state index in [4.69, 9.17) is 4.74 Å². The first-order chi connectivity index (χ1) is 7.90. The quantitative estimate of drug-likeness (QED) is 0.849. The number of ether oxygens (including phenoxy) is 1. The molecule has 1 aromatic heterocycles. The first kappa shape index (κ1) is 10.6. The van der Waals surface area contributed by atoms with Crippen LogP contribution in [0.1, 0.15) is 5.56 Å². The molecule has 2 rings (SSSR count). The third kappa shape index (κ3) is 2.58. The van der Waals surface area contributed by atoms with E-state index >= 15 is 0 Å². The van der Waals surface area contributed by atoms with Crippen molar-refractivity contribution in [1.82, 2.24) is 10.3 Å². The Hall–Kier alpha value is -1.87. The summed E-state index contributed by atoms with van der Waals surface area (Å²) in [5, 5.41) is 3.12. The minimum absolute atomic E-state index is 0.793. The molecule has 0 radical (unpaired) electrons. The monoisotopic (exact) mass is 214 g/mol. The first-order valence-corrected chi connectivity index (χ1v) is 5.20. The van der Waals surface area contributed by atoms with Gasteiger partial charge in [-0.05, 0) is 25.2 Å². The average Bonchev–Trinajstić information content (AvgIpc) is 2.33. The number of benzene rings is 1. The van der Waals surface area contributed by atoms with Gasteiger partial charge < -0.3 is 10.1 Å². The van der Waals surface area contributed by atoms with Crippen LogP contribution in [0.25, 0.3) is 0 Å². The lowest BCUT2D eigenvalue weighted by molar-refractivity contribution is 0.473. The maximum absolute atomic E-state index is 5.78. The van der Waals surface area contributed by atoms with Crippen LogP contribution < -0.4 is 10.1 Å². The topological polar surface area (TPSA) is 34.1 Å². The van der Waals surface area contributed by atoms with Crippen molar-refractivity contribution >= 4 is 0 Å². The standard InChI is InChI=1S/C13H14N2O/c1-14-10-11-4-2-3-5-13(11)16-12-6-8-15-9-7-12/h2-9,14H,10H2,1H3. The second kappa shape index (κ2) is 5.28. The van der Waals surface area contributed by atoms with E-state index in [-0.39, 0.29) is 0 Å². The minimum atomic E-state index is 0.793. The Morgan fingerprint density at radius 2 is 1.88 bits per heavy atom. The summed E-state index contributed by atoms with van der Waals surface area (Å²) in [6.07, 6.45) is 3.44. The number of hydrogen-bond donors (Lipinski definition) is 1. The van der Waals surface area contributed by atoms with Gasteiger partial charge in [-0.25, -0.2) is 0 Å². The molecule has 3 nitrogen and oxygen atoms in total. The molecule has 0 amide bonds. The van der Waals surface area contributed by atoms with E-state index in [0.717, 1.165) is 23.6 Å². The smallest absolute Gasteiger partial charge is 0.131 e. The molecule has 0 spiro atoms. The molecule has 0 atom stereocenters. The van der Waals surface area contributed by atoms with Crippen LogP contribution in [0.15, 0.2) is 48.8 Å². The van der Waals surface area contributed by atoms with E-state index in [9.17, 15) is 0 Å². The van der Waals surface area contributed by atoms with Crippen LogP contribution in [0.5, 0.6) is 11.5 Å². The number of para-hydroxylation sites is 1. The van der Waals surface area contributed by atoms with Crippen molar-refractivity contribution in [3.8, 4) is 11.5 Å². The van der Waals surface area contributed by atoms with Crippen molar-refractivity contribution in [2.24, 2.45) is 0 Å². The lowest BCUT2D eigenvalue weighted by Crippen LogP contribution is -2.06. The largest absolute Gasteiger partial charge is 0.457 e. The summed E-state index contributed by atoms with van der Waals surface area (Å²) in [5.74, 6) is 1.68. The number of pyridine rings is 1. The zero-order chi connectivity index (χ0) is 11.2. The summed E-state index contributed by atoms with van der Waals surface area (Å²) in [7, 11) is 1.92. The highest BCUT2D eigenvalue weighted by Gasteiger charge is 2.02. The predicted molar refractivity (Wildman–Crippen MR) is 63.5 cm³/mol. The number of rotatable bonds is 4. The molecular weight excluding hydrogens is 200 g/mol. The minimum Gasteiger partial charge on any atom is -0.457 e. The van der Waals surface area contributed by atoms with Crippen LogP contribution in [0.2, 0.25) is 0 Å². The Bertz CT molecular complexity index is 443. The van der Waals surface area contributed by atoms with Gasteiger partial charge in [0.2, 0.25) is 0 Å². The van der Waals surface area contributed by atoms with Crippen LogP contribution in [-0.2, 0) is 6.54 Å². The zero-order valence-electron chi connectivity index (χ0n) is 9.18. The van der Waals surface area contributed by atoms with Crippen LogP contribution in [0, 0.1) is 0 Å². The van der Waals surface area contributed by atoms with E-state index in [1.165, 1.54) is 0 Å². The molecule has 3 heteroatoms. The Morgan fingerprint density at radius 3 is 2.62 bits per heavy atom. The Balaban J connectivity index is 2.21. The summed E-state index contributed by atoms with van der Waals surface area (Å²) < 4.78 is 5.78. The molecule has 82 valence electrons. The fourth-order valence-electron chi connectivity index (χ4n) is 1.47. The molecule has 0 saturated heterocycles. The molecule has 1 aromatic carbocycles. The van der Waals surface area contributed by atoms with Crippen molar-refractivity contribution in [1.29, 1.82) is 0 Å². The predicted octanol–water partition coefficient (Wildman–Crippen LogP) is 2.59. The lowest BCUT2D eigenvalue weighted by atomic mass is 10.2. The maximum atomic E-state index is 5.78. The number of hydrogen-bond acceptors (Lipinski definition) is 3. The Morgan fingerprint density at radius 1 is 1.12 bits per heavy atom. The van der Waals surface area contributed by atoms with Crippen molar-refractivity contribution in [2.45, 2.75) is 6.54 Å². The molecule has 1 N–H and O–H groups in total. The van der Waals surface area contributed by atoms with Gasteiger partial charge in [0.15, 0.2) is 0 Å². The first-order valence-electron chi connectivity index (χ1n) is 5.20. The molecule has 0 aliphatic rings. The van der Waals surface area contributed by atoms with Crippen LogP contribution in [0.3, 0.4) is 0 Å². The lowest BCUT2D eigenvalue weighted by Gasteiger charge is -2.10. The molecule has 0 bridgehead atoms. The number of aromatic nitrogens is 1. The van der Waals surface area contributed by atoms with Crippen molar-refractivity contribution in [2.75, 3.05) is 7.05 Å². The Labute approximate surface area is 95.1 Å². The number of nitrogens with one attached hydrogen (secondary N) is 1. The highest BCUT2D eigenvalue weighted by atomic mass is 16.5. The molecular formula is C13H14N2O. The van der Waals surface area contributed by atoms with Gasteiger partial charge in [-0.3, -0.25) is 4.98 Å². The van der Waals surface area contributed by atoms with Gasteiger partial charge in [-0.2, -0.15) is 0 Å². The average molecular weight is 214 g/mol. The van der Waals surface area contributed by atoms with E-state index in [0.29, 0.717) is 0 Å². The fourth-order valence-corrected chi connectivity index (χ4v) is 1.47. The maximum Gasteiger partial charge on any atom is 0.131 e. The fraction of sp³-hybridized carbons (Fsp3) is 0.154. The molecule has 0 aliphatic heterocycles. The second-order valence-electron chi connectivity index (χ2n) is 3.42. The summed E-state index contributed by atoms with van der Waals surface area (Å²) in [5.41, 5.74) is 1.14. The zero-order valence-corrected chi connectivity index (χ0v) is 9.18. The van der Waals surface area contributed by atoms with Gasteiger partial charge in [-0.1, -0.05) is 18.2 Å². The van der Waals surface area contributed by atoms with Crippen LogP contribution in [-0.4, -0.2) is 12.0 Å². The summed E-state index contributed by atoms with van der Waals surface area (Å²) in [6.45, 7) is 0.793. The van der Waals surface area contributed by atoms with Gasteiger partial charge in [0.1, 0.15) is 11.5 Å². The van der Waals surface area contributed by atoms with E-state index in [1.54, 1.807) is 12.4 Å². The van der Waals surface area contributed by atoms with E-state index in [2.05, 4.69) is 10.3 Å². The van der Waals surface area contributed by atoms with Gasteiger partial charge in [-0.15, -0.1) is 0 Å². The summed E-state index contributed by atoms with van der Waals surface area (Å²) in [6, 6.07) is 11.7. The second-order valence-corrected chi connectivity index (χ2v) is 3.42. The van der Waals surface area contributed by atoms with Gasteiger partial charge in [0, 0.05) is 24.5 Å². The Kier molecular flexibility index (Phi) is 3.51. The molecule has 0 aliphatic carbocycles. The van der Waals surface area contributed by atoms with E-state index < -0.39 is 0 Å². The third-order valence-electron chi connectivity index (χ3n) is 2.22. The van der Waals surface area contributed by atoms with E-state index in [1.807, 2.05) is 43.4 Å². The van der Waals surface area contributed by atoms with Crippen LogP contribution >= 0.6 is 0 Å². The molecule has 1 heterocycles. The molecule has 0 saturated carbocycles. The van der Waals surface area contributed by atoms with Crippen LogP contribution in [0.4, 0.5) is 0 Å². The van der Waals surface area contributed by atoms with Crippen molar-refractivity contribution < 1.29 is 4.74 Å². The summed E-state index contributed by atoms with van der Waals surface area (Å²) in [4.78, 5) is 3.95. The van der Waals surface area contributed by atoms with Gasteiger partial charge in [0.25, 0.3) is 0 Å².